The van der Waals surface area contributed by atoms with Crippen molar-refractivity contribution in [1.82, 2.24) is 4.98 Å². The van der Waals surface area contributed by atoms with Crippen LogP contribution >= 0.6 is 46.3 Å². The van der Waals surface area contributed by atoms with E-state index in [2.05, 4.69) is 15.6 Å². The molecular formula is C25H19Cl2N3O3S2. The SMILES string of the molecule is COc1cccc(C(=O)Nc2cccc(SCC(=O)Nc3nc(-c4ccc(Cl)c(Cl)c4)cs3)c2)c1. The summed E-state index contributed by atoms with van der Waals surface area (Å²) in [7, 11) is 1.55. The van der Waals surface area contributed by atoms with Gasteiger partial charge in [0.1, 0.15) is 5.75 Å². The number of carbonyl (C=O) groups excluding carboxylic acids is 2. The van der Waals surface area contributed by atoms with Crippen molar-refractivity contribution in [3.05, 3.63) is 87.7 Å². The highest BCUT2D eigenvalue weighted by atomic mass is 35.5. The van der Waals surface area contributed by atoms with Gasteiger partial charge in [0.15, 0.2) is 5.13 Å². The van der Waals surface area contributed by atoms with E-state index in [1.54, 1.807) is 49.6 Å². The van der Waals surface area contributed by atoms with E-state index in [4.69, 9.17) is 27.9 Å². The molecule has 0 radical (unpaired) electrons. The normalized spacial score (nSPS) is 10.6. The molecule has 3 aromatic carbocycles. The zero-order valence-corrected chi connectivity index (χ0v) is 21.5. The molecule has 0 aliphatic rings. The Labute approximate surface area is 220 Å². The van der Waals surface area contributed by atoms with E-state index in [-0.39, 0.29) is 17.6 Å². The molecule has 178 valence electrons. The van der Waals surface area contributed by atoms with Gasteiger partial charge in [-0.15, -0.1) is 23.1 Å². The van der Waals surface area contributed by atoms with Gasteiger partial charge in [-0.3, -0.25) is 9.59 Å². The lowest BCUT2D eigenvalue weighted by atomic mass is 10.2. The molecule has 35 heavy (non-hydrogen) atoms. The van der Waals surface area contributed by atoms with Crippen molar-refractivity contribution in [2.75, 3.05) is 23.5 Å². The first-order valence-electron chi connectivity index (χ1n) is 10.3. The molecule has 4 aromatic rings. The molecule has 1 aromatic heterocycles. The van der Waals surface area contributed by atoms with Crippen molar-refractivity contribution in [3.8, 4) is 17.0 Å². The fourth-order valence-corrected chi connectivity index (χ4v) is 4.84. The van der Waals surface area contributed by atoms with Gasteiger partial charge in [0.2, 0.25) is 5.91 Å². The van der Waals surface area contributed by atoms with Crippen molar-refractivity contribution < 1.29 is 14.3 Å². The third kappa shape index (κ3) is 6.76. The first kappa shape index (κ1) is 25.1. The number of amides is 2. The number of thioether (sulfide) groups is 1. The summed E-state index contributed by atoms with van der Waals surface area (Å²) in [5.41, 5.74) is 2.65. The Morgan fingerprint density at radius 2 is 1.83 bits per heavy atom. The van der Waals surface area contributed by atoms with Crippen molar-refractivity contribution >= 4 is 68.9 Å². The summed E-state index contributed by atoms with van der Waals surface area (Å²) in [6, 6.07) is 19.5. The Bertz CT molecular complexity index is 1380. The van der Waals surface area contributed by atoms with Crippen molar-refractivity contribution in [1.29, 1.82) is 0 Å². The smallest absolute Gasteiger partial charge is 0.255 e. The summed E-state index contributed by atoms with van der Waals surface area (Å²) in [6.07, 6.45) is 0. The molecule has 0 unspecified atom stereocenters. The number of methoxy groups -OCH3 is 1. The Morgan fingerprint density at radius 1 is 1.00 bits per heavy atom. The zero-order chi connectivity index (χ0) is 24.8. The predicted octanol–water partition coefficient (Wildman–Crippen LogP) is 7.11. The van der Waals surface area contributed by atoms with Crippen LogP contribution in [0, 0.1) is 0 Å². The Morgan fingerprint density at radius 3 is 2.63 bits per heavy atom. The maximum atomic E-state index is 12.5. The number of hydrogen-bond acceptors (Lipinski definition) is 6. The topological polar surface area (TPSA) is 80.3 Å². The largest absolute Gasteiger partial charge is 0.497 e. The van der Waals surface area contributed by atoms with Gasteiger partial charge in [-0.2, -0.15) is 0 Å². The fourth-order valence-electron chi connectivity index (χ4n) is 3.05. The van der Waals surface area contributed by atoms with E-state index in [1.807, 2.05) is 29.6 Å². The van der Waals surface area contributed by atoms with Crippen molar-refractivity contribution in [2.45, 2.75) is 4.90 Å². The number of ether oxygens (including phenoxy) is 1. The first-order valence-corrected chi connectivity index (χ1v) is 12.9. The monoisotopic (exact) mass is 543 g/mol. The summed E-state index contributed by atoms with van der Waals surface area (Å²) in [4.78, 5) is 30.3. The maximum absolute atomic E-state index is 12.5. The van der Waals surface area contributed by atoms with Gasteiger partial charge in [-0.25, -0.2) is 4.98 Å². The average molecular weight is 544 g/mol. The summed E-state index contributed by atoms with van der Waals surface area (Å²) >= 11 is 14.7. The number of aromatic nitrogens is 1. The highest BCUT2D eigenvalue weighted by Crippen LogP contribution is 2.31. The molecule has 0 saturated heterocycles. The van der Waals surface area contributed by atoms with E-state index in [0.29, 0.717) is 37.9 Å². The van der Waals surface area contributed by atoms with Gasteiger partial charge in [-0.05, 0) is 48.5 Å². The van der Waals surface area contributed by atoms with Crippen LogP contribution in [0.1, 0.15) is 10.4 Å². The van der Waals surface area contributed by atoms with Crippen LogP contribution in [0.4, 0.5) is 10.8 Å². The van der Waals surface area contributed by atoms with Gasteiger partial charge in [0.25, 0.3) is 5.91 Å². The Kier molecular flexibility index (Phi) is 8.30. The van der Waals surface area contributed by atoms with Crippen LogP contribution in [0.2, 0.25) is 10.0 Å². The molecule has 0 atom stereocenters. The molecule has 4 rings (SSSR count). The molecule has 0 fully saturated rings. The second-order valence-electron chi connectivity index (χ2n) is 7.22. The highest BCUT2D eigenvalue weighted by Gasteiger charge is 2.11. The third-order valence-corrected chi connectivity index (χ3v) is 7.25. The lowest BCUT2D eigenvalue weighted by Gasteiger charge is -2.08. The van der Waals surface area contributed by atoms with Crippen LogP contribution in [0.15, 0.2) is 77.0 Å². The van der Waals surface area contributed by atoms with Crippen molar-refractivity contribution in [2.24, 2.45) is 0 Å². The number of rotatable bonds is 8. The molecule has 0 aliphatic heterocycles. The van der Waals surface area contributed by atoms with Crippen LogP contribution in [0.3, 0.4) is 0 Å². The minimum atomic E-state index is -0.245. The standard InChI is InChI=1S/C25H19Cl2N3O3S2/c1-33-18-6-2-4-16(10-18)24(32)28-17-5-3-7-19(12-17)34-14-23(31)30-25-29-22(13-35-25)15-8-9-20(26)21(27)11-15/h2-13H,14H2,1H3,(H,28,32)(H,29,30,31). The number of hydrogen-bond donors (Lipinski definition) is 2. The number of nitrogens with zero attached hydrogens (tertiary/aromatic N) is 1. The van der Waals surface area contributed by atoms with Crippen LogP contribution in [0.25, 0.3) is 11.3 Å². The highest BCUT2D eigenvalue weighted by molar-refractivity contribution is 8.00. The van der Waals surface area contributed by atoms with Crippen LogP contribution < -0.4 is 15.4 Å². The molecule has 2 amide bonds. The molecule has 1 heterocycles. The number of halogens is 2. The zero-order valence-electron chi connectivity index (χ0n) is 18.4. The summed E-state index contributed by atoms with van der Waals surface area (Å²) in [5.74, 6) is 0.369. The molecule has 6 nitrogen and oxygen atoms in total. The van der Waals surface area contributed by atoms with Gasteiger partial charge in [-0.1, -0.05) is 41.4 Å². The van der Waals surface area contributed by atoms with E-state index < -0.39 is 0 Å². The van der Waals surface area contributed by atoms with Gasteiger partial charge in [0, 0.05) is 27.1 Å². The second kappa shape index (κ2) is 11.6. The third-order valence-electron chi connectivity index (χ3n) is 4.76. The van der Waals surface area contributed by atoms with E-state index >= 15 is 0 Å². The quantitative estimate of drug-likeness (QED) is 0.231. The minimum absolute atomic E-state index is 0.184. The lowest BCUT2D eigenvalue weighted by molar-refractivity contribution is -0.113. The van der Waals surface area contributed by atoms with Gasteiger partial charge < -0.3 is 15.4 Å². The van der Waals surface area contributed by atoms with E-state index in [9.17, 15) is 9.59 Å². The second-order valence-corrected chi connectivity index (χ2v) is 9.94. The Hall–Kier alpha value is -3.04. The molecule has 0 saturated carbocycles. The van der Waals surface area contributed by atoms with Crippen LogP contribution in [-0.4, -0.2) is 29.7 Å². The summed E-state index contributed by atoms with van der Waals surface area (Å²) in [5, 5.41) is 8.94. The van der Waals surface area contributed by atoms with Gasteiger partial charge in [0.05, 0.1) is 28.6 Å². The average Bonchev–Trinajstić information content (AvgIpc) is 3.33. The number of anilines is 2. The summed E-state index contributed by atoms with van der Waals surface area (Å²) < 4.78 is 5.17. The summed E-state index contributed by atoms with van der Waals surface area (Å²) in [6.45, 7) is 0. The predicted molar refractivity (Wildman–Crippen MR) is 144 cm³/mol. The van der Waals surface area contributed by atoms with E-state index in [1.165, 1.54) is 23.1 Å². The lowest BCUT2D eigenvalue weighted by Crippen LogP contribution is -2.14. The van der Waals surface area contributed by atoms with Crippen LogP contribution in [-0.2, 0) is 4.79 Å². The first-order chi connectivity index (χ1) is 16.9. The van der Waals surface area contributed by atoms with Crippen molar-refractivity contribution in [3.63, 3.8) is 0 Å². The van der Waals surface area contributed by atoms with Crippen LogP contribution in [0.5, 0.6) is 5.75 Å². The molecule has 0 bridgehead atoms. The number of carbonyl (C=O) groups is 2. The molecule has 0 spiro atoms. The van der Waals surface area contributed by atoms with Gasteiger partial charge >= 0.3 is 0 Å². The number of thiazole rings is 1. The number of nitrogens with one attached hydrogen (secondary N) is 2. The molecule has 10 heteroatoms. The maximum Gasteiger partial charge on any atom is 0.255 e. The fraction of sp³-hybridized carbons (Fsp3) is 0.0800. The Balaban J connectivity index is 1.32. The molecule has 0 aliphatic carbocycles. The number of benzene rings is 3. The minimum Gasteiger partial charge on any atom is -0.497 e. The van der Waals surface area contributed by atoms with E-state index in [0.717, 1.165) is 10.5 Å². The molecule has 2 N–H and O–H groups in total. The molecular weight excluding hydrogens is 525 g/mol.